The van der Waals surface area contributed by atoms with Gasteiger partial charge < -0.3 is 10.7 Å². The van der Waals surface area contributed by atoms with Crippen LogP contribution in [0, 0.1) is 0 Å². The Hall–Kier alpha value is -3.14. The molecule has 2 heterocycles. The number of unbranched alkanes of at least 4 members (excludes halogenated alkanes) is 2. The van der Waals surface area contributed by atoms with E-state index >= 15 is 0 Å². The molecule has 0 radical (unpaired) electrons. The fourth-order valence-corrected chi connectivity index (χ4v) is 7.66. The number of aromatic amines is 1. The van der Waals surface area contributed by atoms with Crippen molar-refractivity contribution in [2.75, 3.05) is 20.1 Å². The van der Waals surface area contributed by atoms with Crippen molar-refractivity contribution in [1.82, 2.24) is 22.9 Å². The van der Waals surface area contributed by atoms with E-state index in [9.17, 15) is 26.4 Å². The molecule has 12 nitrogen and oxygen atoms in total. The first-order valence-corrected chi connectivity index (χ1v) is 16.5. The molecule has 4 rings (SSSR count). The molecule has 0 saturated carbocycles. The van der Waals surface area contributed by atoms with Gasteiger partial charge in [-0.05, 0) is 18.6 Å². The Kier molecular flexibility index (Phi) is 11.0. The highest BCUT2D eigenvalue weighted by Crippen LogP contribution is 2.32. The lowest BCUT2D eigenvalue weighted by Crippen LogP contribution is -2.29. The van der Waals surface area contributed by atoms with Crippen molar-refractivity contribution in [3.63, 3.8) is 0 Å². The van der Waals surface area contributed by atoms with Gasteiger partial charge in [0.25, 0.3) is 11.8 Å². The second-order valence-electron chi connectivity index (χ2n) is 9.16. The molecule has 2 aromatic carbocycles. The molecule has 0 aliphatic carbocycles. The Bertz CT molecular complexity index is 1820. The molecular weight excluding hydrogens is 627 g/mol. The summed E-state index contributed by atoms with van der Waals surface area (Å²) in [5, 5.41) is 0.831. The van der Waals surface area contributed by atoms with Gasteiger partial charge in [-0.3, -0.25) is 14.4 Å². The molecule has 0 atom stereocenters. The summed E-state index contributed by atoms with van der Waals surface area (Å²) >= 11 is 11.4. The number of carbonyl (C=O) groups excluding carboxylic acids is 2. The van der Waals surface area contributed by atoms with Gasteiger partial charge >= 0.3 is 0 Å². The van der Waals surface area contributed by atoms with Crippen LogP contribution < -0.4 is 15.3 Å². The number of primary amides is 1. The molecule has 0 bridgehead atoms. The summed E-state index contributed by atoms with van der Waals surface area (Å²) in [7, 11) is -6.22. The lowest BCUT2D eigenvalue weighted by Gasteiger charge is -2.15. The Labute approximate surface area is 254 Å². The van der Waals surface area contributed by atoms with Crippen LogP contribution in [0.1, 0.15) is 54.1 Å². The van der Waals surface area contributed by atoms with Gasteiger partial charge in [0.2, 0.25) is 20.0 Å². The maximum atomic E-state index is 12.6. The normalized spacial score (nSPS) is 12.0. The van der Waals surface area contributed by atoms with E-state index in [-0.39, 0.29) is 27.7 Å². The van der Waals surface area contributed by atoms with E-state index in [1.54, 1.807) is 55.5 Å². The number of benzene rings is 2. The number of fused-ring (bicyclic) bond motifs is 2. The minimum Gasteiger partial charge on any atom is -0.364 e. The lowest BCUT2D eigenvalue weighted by atomic mass is 10.2. The average Bonchev–Trinajstić information content (AvgIpc) is 3.52. The zero-order valence-corrected chi connectivity index (χ0v) is 26.3. The summed E-state index contributed by atoms with van der Waals surface area (Å²) in [5.41, 5.74) is 5.98. The van der Waals surface area contributed by atoms with Gasteiger partial charge in [0.15, 0.2) is 0 Å². The molecule has 0 aliphatic heterocycles. The largest absolute Gasteiger partial charge is 0.364 e. The minimum absolute atomic E-state index is 0.0702. The van der Waals surface area contributed by atoms with E-state index in [1.807, 2.05) is 11.8 Å². The van der Waals surface area contributed by atoms with Crippen molar-refractivity contribution in [3.8, 4) is 0 Å². The smallest absolute Gasteiger partial charge is 0.283 e. The maximum Gasteiger partial charge on any atom is 0.283 e. The summed E-state index contributed by atoms with van der Waals surface area (Å²) in [6.07, 6.45) is 2.68. The highest BCUT2D eigenvalue weighted by atomic mass is 35.5. The van der Waals surface area contributed by atoms with Crippen LogP contribution in [0.2, 0.25) is 0 Å². The quantitative estimate of drug-likeness (QED) is 0.140. The lowest BCUT2D eigenvalue weighted by molar-refractivity contribution is 0.0971. The Balaban J connectivity index is 0.000000231. The number of amides is 2. The molecule has 2 amide bonds. The maximum absolute atomic E-state index is 12.6. The van der Waals surface area contributed by atoms with Crippen molar-refractivity contribution in [1.29, 1.82) is 0 Å². The molecule has 228 valence electrons. The number of hydrogen-bond acceptors (Lipinski definition) is 6. The predicted octanol–water partition coefficient (Wildman–Crippen LogP) is 3.90. The summed E-state index contributed by atoms with van der Waals surface area (Å²) < 4.78 is 54.9. The fraction of sp³-hybridized carbons (Fsp3) is 0.308. The van der Waals surface area contributed by atoms with Gasteiger partial charge in [-0.15, -0.1) is 0 Å². The highest BCUT2D eigenvalue weighted by molar-refractivity contribution is 7.90. The zero-order chi connectivity index (χ0) is 31.2. The van der Waals surface area contributed by atoms with Gasteiger partial charge in [-0.1, -0.05) is 63.1 Å². The van der Waals surface area contributed by atoms with Crippen LogP contribution in [0.25, 0.3) is 21.8 Å². The number of rotatable bonds is 11. The summed E-state index contributed by atoms with van der Waals surface area (Å²) in [6, 6.07) is 13.4. The number of nitrogens with two attached hydrogens (primary N) is 1. The van der Waals surface area contributed by atoms with Crippen LogP contribution in [0.5, 0.6) is 0 Å². The first kappa shape index (κ1) is 33.4. The van der Waals surface area contributed by atoms with E-state index < -0.39 is 31.9 Å². The SMILES string of the molecule is CCCCCNS(=O)(=O)c1c(C(=O)NCl)[nH]c2ccccc12.CCN(C)S(=O)(=O)c1c(C(N)=O)n(Cl)c2ccccc12. The third kappa shape index (κ3) is 6.74. The van der Waals surface area contributed by atoms with Crippen molar-refractivity contribution < 1.29 is 26.4 Å². The molecule has 0 saturated heterocycles. The number of sulfonamides is 2. The number of halogens is 2. The van der Waals surface area contributed by atoms with E-state index in [2.05, 4.69) is 9.71 Å². The second-order valence-corrected chi connectivity index (χ2v) is 13.4. The average molecular weight is 660 g/mol. The molecule has 4 aromatic rings. The number of para-hydroxylation sites is 2. The van der Waals surface area contributed by atoms with E-state index in [4.69, 9.17) is 29.3 Å². The number of H-pyrrole nitrogens is 1. The standard InChI is InChI=1S/C14H18ClN3O3S.C12H14ClN3O3S/c1-2-3-6-9-16-22(20,21)13-10-7-4-5-8-11(10)17-12(13)14(19)18-15;1-3-15(2)20(18,19)11-8-6-4-5-7-9(8)16(13)10(11)12(14)17/h4-5,7-8,16-17H,2-3,6,9H2,1H3,(H,18,19);4-7H,3H2,1-2H3,(H2,14,17). The zero-order valence-electron chi connectivity index (χ0n) is 23.1. The number of carbonyl (C=O) groups is 2. The topological polar surface area (TPSA) is 176 Å². The molecule has 42 heavy (non-hydrogen) atoms. The molecule has 16 heteroatoms. The molecule has 0 aliphatic rings. The van der Waals surface area contributed by atoms with Gasteiger partial charge in [0, 0.05) is 60.0 Å². The van der Waals surface area contributed by atoms with E-state index in [1.165, 1.54) is 7.05 Å². The monoisotopic (exact) mass is 658 g/mol. The number of nitrogens with zero attached hydrogens (tertiary/aromatic N) is 2. The number of nitrogens with one attached hydrogen (secondary N) is 3. The minimum atomic E-state index is -3.84. The van der Waals surface area contributed by atoms with Crippen molar-refractivity contribution >= 4 is 77.2 Å². The Morgan fingerprint density at radius 2 is 1.60 bits per heavy atom. The summed E-state index contributed by atoms with van der Waals surface area (Å²) in [6.45, 7) is 4.33. The third-order valence-corrected chi connectivity index (χ3v) is 10.5. The van der Waals surface area contributed by atoms with Crippen molar-refractivity contribution in [3.05, 3.63) is 59.9 Å². The molecular formula is C26H32Cl2N6O6S2. The Morgan fingerprint density at radius 1 is 0.976 bits per heavy atom. The van der Waals surface area contributed by atoms with Crippen molar-refractivity contribution in [2.24, 2.45) is 5.73 Å². The molecule has 0 fully saturated rings. The second kappa shape index (κ2) is 13.9. The van der Waals surface area contributed by atoms with Gasteiger partial charge in [-0.2, -0.15) is 0 Å². The van der Waals surface area contributed by atoms with Gasteiger partial charge in [0.1, 0.15) is 21.2 Å². The van der Waals surface area contributed by atoms with Gasteiger partial charge in [0.05, 0.1) is 5.52 Å². The first-order valence-electron chi connectivity index (χ1n) is 12.9. The molecule has 5 N–H and O–H groups in total. The fourth-order valence-electron chi connectivity index (χ4n) is 4.23. The number of aromatic nitrogens is 2. The van der Waals surface area contributed by atoms with Crippen molar-refractivity contribution in [2.45, 2.75) is 42.9 Å². The predicted molar refractivity (Wildman–Crippen MR) is 164 cm³/mol. The van der Waals surface area contributed by atoms with E-state index in [0.717, 1.165) is 27.7 Å². The van der Waals surface area contributed by atoms with Crippen LogP contribution >= 0.6 is 23.6 Å². The van der Waals surface area contributed by atoms with Crippen LogP contribution in [0.15, 0.2) is 58.3 Å². The summed E-state index contributed by atoms with van der Waals surface area (Å²) in [4.78, 5) is 28.0. The molecule has 2 aromatic heterocycles. The van der Waals surface area contributed by atoms with Crippen LogP contribution in [-0.4, -0.2) is 62.2 Å². The number of hydrogen-bond donors (Lipinski definition) is 4. The summed E-state index contributed by atoms with van der Waals surface area (Å²) in [5.74, 6) is -1.58. The molecule has 0 spiro atoms. The van der Waals surface area contributed by atoms with E-state index in [0.29, 0.717) is 28.4 Å². The van der Waals surface area contributed by atoms with Crippen LogP contribution in [0.4, 0.5) is 0 Å². The highest BCUT2D eigenvalue weighted by Gasteiger charge is 2.32. The first-order chi connectivity index (χ1) is 19.8. The molecule has 0 unspecified atom stereocenters. The van der Waals surface area contributed by atoms with Crippen LogP contribution in [-0.2, 0) is 20.0 Å². The third-order valence-electron chi connectivity index (χ3n) is 6.43. The Morgan fingerprint density at radius 3 is 2.19 bits per heavy atom. The van der Waals surface area contributed by atoms with Crippen LogP contribution in [0.3, 0.4) is 0 Å². The van der Waals surface area contributed by atoms with Gasteiger partial charge in [-0.25, -0.2) is 29.9 Å².